The van der Waals surface area contributed by atoms with Crippen LogP contribution in [0.5, 0.6) is 0 Å². The van der Waals surface area contributed by atoms with Crippen LogP contribution in [0.15, 0.2) is 59.0 Å². The maximum atomic E-state index is 13.1. The number of aryl methyl sites for hydroxylation is 1. The van der Waals surface area contributed by atoms with Gasteiger partial charge in [-0.15, -0.1) is 23.1 Å². The number of hydrazone groups is 1. The van der Waals surface area contributed by atoms with Crippen LogP contribution in [-0.4, -0.2) is 23.3 Å². The molecule has 5 nitrogen and oxygen atoms in total. The number of rotatable bonds is 8. The number of halogens is 2. The average Bonchev–Trinajstić information content (AvgIpc) is 3.20. The van der Waals surface area contributed by atoms with E-state index in [2.05, 4.69) is 15.8 Å². The van der Waals surface area contributed by atoms with Crippen molar-refractivity contribution in [3.8, 4) is 0 Å². The van der Waals surface area contributed by atoms with Crippen LogP contribution in [-0.2, 0) is 10.5 Å². The van der Waals surface area contributed by atoms with E-state index in [0.717, 1.165) is 16.7 Å². The Morgan fingerprint density at radius 2 is 2.00 bits per heavy atom. The third-order valence-electron chi connectivity index (χ3n) is 4.46. The van der Waals surface area contributed by atoms with Gasteiger partial charge in [0.15, 0.2) is 0 Å². The van der Waals surface area contributed by atoms with E-state index in [1.807, 2.05) is 30.5 Å². The quantitative estimate of drug-likeness (QED) is 0.307. The Balaban J connectivity index is 1.52. The van der Waals surface area contributed by atoms with Crippen LogP contribution in [0.25, 0.3) is 0 Å². The first-order chi connectivity index (χ1) is 15.3. The molecule has 32 heavy (non-hydrogen) atoms. The van der Waals surface area contributed by atoms with E-state index in [1.165, 1.54) is 35.2 Å². The lowest BCUT2D eigenvalue weighted by molar-refractivity contribution is -0.118. The lowest BCUT2D eigenvalue weighted by Crippen LogP contribution is -2.21. The standard InChI is InChI=1S/C23H21ClFN3O2S2/c1-14-8-9-32-22(14)23(30)26-19-5-3-4-16(10-19)15(2)27-28-21(29)13-31-12-17-6-7-18(25)11-20(17)24/h3-11H,12-13H2,1-2H3,(H,26,30)(H,28,29)/b27-15+. The van der Waals surface area contributed by atoms with Gasteiger partial charge in [0, 0.05) is 16.5 Å². The molecule has 166 valence electrons. The van der Waals surface area contributed by atoms with Crippen molar-refractivity contribution in [1.82, 2.24) is 5.43 Å². The van der Waals surface area contributed by atoms with Crippen molar-refractivity contribution in [1.29, 1.82) is 0 Å². The van der Waals surface area contributed by atoms with Crippen molar-refractivity contribution in [2.75, 3.05) is 11.1 Å². The second kappa shape index (κ2) is 11.3. The summed E-state index contributed by atoms with van der Waals surface area (Å²) in [6.07, 6.45) is 0. The molecule has 0 aliphatic heterocycles. The maximum Gasteiger partial charge on any atom is 0.265 e. The average molecular weight is 490 g/mol. The summed E-state index contributed by atoms with van der Waals surface area (Å²) in [5.74, 6) is -0.140. The van der Waals surface area contributed by atoms with Crippen molar-refractivity contribution in [3.63, 3.8) is 0 Å². The van der Waals surface area contributed by atoms with Gasteiger partial charge in [-0.1, -0.05) is 29.8 Å². The zero-order valence-corrected chi connectivity index (χ0v) is 19.8. The van der Waals surface area contributed by atoms with Gasteiger partial charge in [-0.3, -0.25) is 9.59 Å². The minimum Gasteiger partial charge on any atom is -0.321 e. The molecule has 1 heterocycles. The summed E-state index contributed by atoms with van der Waals surface area (Å²) < 4.78 is 13.1. The Hall–Kier alpha value is -2.68. The normalized spacial score (nSPS) is 11.3. The molecule has 3 aromatic rings. The summed E-state index contributed by atoms with van der Waals surface area (Å²) in [5, 5.41) is 9.26. The van der Waals surface area contributed by atoms with Gasteiger partial charge < -0.3 is 5.32 Å². The number of hydrogen-bond donors (Lipinski definition) is 2. The second-order valence-electron chi connectivity index (χ2n) is 6.93. The third kappa shape index (κ3) is 6.66. The fourth-order valence-electron chi connectivity index (χ4n) is 2.75. The van der Waals surface area contributed by atoms with Crippen LogP contribution >= 0.6 is 34.7 Å². The Labute approximate surface area is 199 Å². The zero-order valence-electron chi connectivity index (χ0n) is 17.4. The minimum absolute atomic E-state index is 0.157. The number of nitrogens with zero attached hydrogens (tertiary/aromatic N) is 1. The predicted molar refractivity (Wildman–Crippen MR) is 131 cm³/mol. The summed E-state index contributed by atoms with van der Waals surface area (Å²) >= 11 is 8.75. The molecule has 0 saturated carbocycles. The highest BCUT2D eigenvalue weighted by atomic mass is 35.5. The van der Waals surface area contributed by atoms with E-state index in [9.17, 15) is 14.0 Å². The minimum atomic E-state index is -0.392. The highest BCUT2D eigenvalue weighted by Gasteiger charge is 2.11. The summed E-state index contributed by atoms with van der Waals surface area (Å²) in [7, 11) is 0. The van der Waals surface area contributed by atoms with Crippen molar-refractivity contribution in [3.05, 3.63) is 86.3 Å². The van der Waals surface area contributed by atoms with Crippen LogP contribution in [0.2, 0.25) is 5.02 Å². The fraction of sp³-hybridized carbons (Fsp3) is 0.174. The van der Waals surface area contributed by atoms with E-state index >= 15 is 0 Å². The highest BCUT2D eigenvalue weighted by Crippen LogP contribution is 2.22. The molecule has 0 aliphatic carbocycles. The first kappa shape index (κ1) is 24.0. The number of thiophene rings is 1. The number of benzene rings is 2. The molecule has 0 aliphatic rings. The van der Waals surface area contributed by atoms with Crippen molar-refractivity contribution in [2.45, 2.75) is 19.6 Å². The monoisotopic (exact) mass is 489 g/mol. The molecule has 3 rings (SSSR count). The van der Waals surface area contributed by atoms with Crippen molar-refractivity contribution >= 4 is 57.9 Å². The summed E-state index contributed by atoms with van der Waals surface area (Å²) in [6.45, 7) is 3.67. The number of amides is 2. The zero-order chi connectivity index (χ0) is 23.1. The third-order valence-corrected chi connectivity index (χ3v) is 6.81. The van der Waals surface area contributed by atoms with E-state index in [0.29, 0.717) is 27.1 Å². The Morgan fingerprint density at radius 1 is 1.19 bits per heavy atom. The van der Waals surface area contributed by atoms with Crippen LogP contribution in [0.4, 0.5) is 10.1 Å². The van der Waals surface area contributed by atoms with Gasteiger partial charge in [0.05, 0.1) is 16.3 Å². The molecule has 0 unspecified atom stereocenters. The van der Waals surface area contributed by atoms with Gasteiger partial charge in [0.25, 0.3) is 5.91 Å². The summed E-state index contributed by atoms with van der Waals surface area (Å²) in [4.78, 5) is 25.2. The van der Waals surface area contributed by atoms with Gasteiger partial charge in [0.2, 0.25) is 5.91 Å². The Kier molecular flexibility index (Phi) is 8.44. The molecule has 1 aromatic heterocycles. The fourth-order valence-corrected chi connectivity index (χ4v) is 4.71. The highest BCUT2D eigenvalue weighted by molar-refractivity contribution is 7.99. The van der Waals surface area contributed by atoms with E-state index in [1.54, 1.807) is 25.1 Å². The van der Waals surface area contributed by atoms with E-state index < -0.39 is 5.82 Å². The van der Waals surface area contributed by atoms with Crippen molar-refractivity contribution < 1.29 is 14.0 Å². The smallest absolute Gasteiger partial charge is 0.265 e. The molecule has 2 N–H and O–H groups in total. The first-order valence-electron chi connectivity index (χ1n) is 9.64. The Morgan fingerprint density at radius 3 is 2.72 bits per heavy atom. The van der Waals surface area contributed by atoms with E-state index in [4.69, 9.17) is 11.6 Å². The van der Waals surface area contributed by atoms with Crippen LogP contribution in [0.3, 0.4) is 0 Å². The predicted octanol–water partition coefficient (Wildman–Crippen LogP) is 5.87. The van der Waals surface area contributed by atoms with Gasteiger partial charge in [-0.05, 0) is 66.2 Å². The largest absolute Gasteiger partial charge is 0.321 e. The molecule has 0 fully saturated rings. The van der Waals surface area contributed by atoms with Crippen LogP contribution in [0.1, 0.15) is 33.3 Å². The summed E-state index contributed by atoms with van der Waals surface area (Å²) in [6, 6.07) is 13.4. The molecule has 0 spiro atoms. The number of carbonyl (C=O) groups is 2. The topological polar surface area (TPSA) is 70.6 Å². The van der Waals surface area contributed by atoms with Gasteiger partial charge >= 0.3 is 0 Å². The first-order valence-corrected chi connectivity index (χ1v) is 12.1. The van der Waals surface area contributed by atoms with Gasteiger partial charge in [0.1, 0.15) is 5.82 Å². The van der Waals surface area contributed by atoms with Gasteiger partial charge in [-0.2, -0.15) is 5.10 Å². The number of carbonyl (C=O) groups excluding carboxylic acids is 2. The lowest BCUT2D eigenvalue weighted by atomic mass is 10.1. The molecule has 0 bridgehead atoms. The number of anilines is 1. The molecule has 0 atom stereocenters. The molecule has 0 saturated heterocycles. The second-order valence-corrected chi connectivity index (χ2v) is 9.24. The SMILES string of the molecule is C/C(=N\NC(=O)CSCc1ccc(F)cc1Cl)c1cccc(NC(=O)c2sccc2C)c1. The van der Waals surface area contributed by atoms with Gasteiger partial charge in [-0.25, -0.2) is 9.82 Å². The molecular formula is C23H21ClFN3O2S2. The molecule has 0 radical (unpaired) electrons. The maximum absolute atomic E-state index is 13.1. The van der Waals surface area contributed by atoms with Crippen LogP contribution < -0.4 is 10.7 Å². The molecule has 2 aromatic carbocycles. The molecule has 2 amide bonds. The number of hydrogen-bond acceptors (Lipinski definition) is 5. The summed E-state index contributed by atoms with van der Waals surface area (Å²) in [5.41, 5.74) is 6.26. The van der Waals surface area contributed by atoms with Crippen molar-refractivity contribution in [2.24, 2.45) is 5.10 Å². The van der Waals surface area contributed by atoms with Crippen LogP contribution in [0, 0.1) is 12.7 Å². The molecular weight excluding hydrogens is 469 g/mol. The number of nitrogens with one attached hydrogen (secondary N) is 2. The molecule has 9 heteroatoms. The van der Waals surface area contributed by atoms with E-state index in [-0.39, 0.29) is 17.6 Å². The lowest BCUT2D eigenvalue weighted by Gasteiger charge is -2.08. The number of thioether (sulfide) groups is 1. The Bertz CT molecular complexity index is 1160.